The van der Waals surface area contributed by atoms with E-state index in [2.05, 4.69) is 15.5 Å². The van der Waals surface area contributed by atoms with Crippen LogP contribution in [0.2, 0.25) is 0 Å². The van der Waals surface area contributed by atoms with Crippen molar-refractivity contribution in [3.05, 3.63) is 41.1 Å². The Balaban J connectivity index is 1.65. The lowest BCUT2D eigenvalue weighted by molar-refractivity contribution is 0.472. The van der Waals surface area contributed by atoms with Gasteiger partial charge >= 0.3 is 0 Å². The van der Waals surface area contributed by atoms with Gasteiger partial charge in [-0.3, -0.25) is 5.10 Å². The topological polar surface area (TPSA) is 77.6 Å². The van der Waals surface area contributed by atoms with Gasteiger partial charge in [-0.25, -0.2) is 0 Å². The van der Waals surface area contributed by atoms with E-state index in [4.69, 9.17) is 9.68 Å². The fraction of sp³-hybridized carbons (Fsp3) is 0.385. The van der Waals surface area contributed by atoms with Crippen LogP contribution < -0.4 is 5.32 Å². The molecule has 5 heteroatoms. The highest BCUT2D eigenvalue weighted by Gasteiger charge is 2.01. The summed E-state index contributed by atoms with van der Waals surface area (Å²) < 4.78 is 5.27. The maximum Gasteiger partial charge on any atom is 0.203 e. The van der Waals surface area contributed by atoms with Crippen LogP contribution in [0.25, 0.3) is 0 Å². The van der Waals surface area contributed by atoms with Gasteiger partial charge < -0.3 is 9.73 Å². The fourth-order valence-corrected chi connectivity index (χ4v) is 1.78. The Morgan fingerprint density at radius 1 is 1.50 bits per heavy atom. The molecule has 0 atom stereocenters. The van der Waals surface area contributed by atoms with Gasteiger partial charge in [-0.2, -0.15) is 10.4 Å². The van der Waals surface area contributed by atoms with E-state index < -0.39 is 0 Å². The number of rotatable bonds is 6. The van der Waals surface area contributed by atoms with Crippen molar-refractivity contribution in [2.75, 3.05) is 6.54 Å². The number of hydrogen-bond acceptors (Lipinski definition) is 4. The van der Waals surface area contributed by atoms with Crippen molar-refractivity contribution in [2.45, 2.75) is 26.3 Å². The molecule has 2 aromatic rings. The number of hydrogen-bond donors (Lipinski definition) is 2. The molecule has 2 heterocycles. The number of aromatic nitrogens is 2. The van der Waals surface area contributed by atoms with Crippen LogP contribution in [0.4, 0.5) is 0 Å². The predicted octanol–water partition coefficient (Wildman–Crippen LogP) is 1.91. The van der Waals surface area contributed by atoms with E-state index >= 15 is 0 Å². The third-order valence-corrected chi connectivity index (χ3v) is 2.81. The summed E-state index contributed by atoms with van der Waals surface area (Å²) in [5.74, 6) is 1.16. The smallest absolute Gasteiger partial charge is 0.203 e. The van der Waals surface area contributed by atoms with Crippen LogP contribution in [-0.4, -0.2) is 16.7 Å². The van der Waals surface area contributed by atoms with Gasteiger partial charge in [-0.05, 0) is 44.0 Å². The molecule has 2 aromatic heterocycles. The van der Waals surface area contributed by atoms with Gasteiger partial charge in [0.05, 0.1) is 12.7 Å². The summed E-state index contributed by atoms with van der Waals surface area (Å²) in [5.41, 5.74) is 2.40. The quantitative estimate of drug-likeness (QED) is 0.761. The lowest BCUT2D eigenvalue weighted by Crippen LogP contribution is -2.14. The molecule has 0 aliphatic rings. The average Bonchev–Trinajstić information content (AvgIpc) is 2.98. The molecule has 94 valence electrons. The van der Waals surface area contributed by atoms with Crippen molar-refractivity contribution in [1.82, 2.24) is 15.5 Å². The van der Waals surface area contributed by atoms with Gasteiger partial charge in [0.2, 0.25) is 5.76 Å². The summed E-state index contributed by atoms with van der Waals surface area (Å²) in [4.78, 5) is 0. The van der Waals surface area contributed by atoms with E-state index in [1.54, 1.807) is 6.07 Å². The Kier molecular flexibility index (Phi) is 4.15. The van der Waals surface area contributed by atoms with Crippen LogP contribution in [0.15, 0.2) is 22.7 Å². The molecule has 0 spiro atoms. The van der Waals surface area contributed by atoms with Crippen molar-refractivity contribution in [1.29, 1.82) is 5.26 Å². The predicted molar refractivity (Wildman–Crippen MR) is 66.8 cm³/mol. The van der Waals surface area contributed by atoms with E-state index in [1.807, 2.05) is 25.3 Å². The molecule has 2 N–H and O–H groups in total. The molecule has 0 unspecified atom stereocenters. The van der Waals surface area contributed by atoms with Crippen LogP contribution in [-0.2, 0) is 13.0 Å². The Bertz CT molecular complexity index is 535. The first-order valence-electron chi connectivity index (χ1n) is 5.98. The molecule has 0 aliphatic carbocycles. The molecule has 0 amide bonds. The number of H-pyrrole nitrogens is 1. The minimum absolute atomic E-state index is 0.362. The van der Waals surface area contributed by atoms with Crippen LogP contribution in [0.3, 0.4) is 0 Å². The Hall–Kier alpha value is -2.06. The lowest BCUT2D eigenvalue weighted by atomic mass is 10.1. The Morgan fingerprint density at radius 3 is 3.06 bits per heavy atom. The summed E-state index contributed by atoms with van der Waals surface area (Å²) >= 11 is 0. The summed E-state index contributed by atoms with van der Waals surface area (Å²) in [7, 11) is 0. The van der Waals surface area contributed by atoms with Gasteiger partial charge in [-0.15, -0.1) is 0 Å². The second kappa shape index (κ2) is 6.03. The Labute approximate surface area is 106 Å². The zero-order chi connectivity index (χ0) is 12.8. The number of aromatic amines is 1. The monoisotopic (exact) mass is 244 g/mol. The summed E-state index contributed by atoms with van der Waals surface area (Å²) in [6, 6.07) is 5.48. The number of furan rings is 1. The molecule has 0 aromatic carbocycles. The minimum Gasteiger partial charge on any atom is -0.449 e. The van der Waals surface area contributed by atoms with E-state index in [0.29, 0.717) is 12.3 Å². The number of nitriles is 1. The zero-order valence-electron chi connectivity index (χ0n) is 10.4. The number of aryl methyl sites for hydroxylation is 2. The highest BCUT2D eigenvalue weighted by molar-refractivity contribution is 5.19. The van der Waals surface area contributed by atoms with Crippen molar-refractivity contribution in [3.63, 3.8) is 0 Å². The SMILES string of the molecule is Cc1[nH]ncc1CCCNCc1ccc(C#N)o1. The molecule has 0 radical (unpaired) electrons. The third kappa shape index (κ3) is 3.22. The number of nitrogens with zero attached hydrogens (tertiary/aromatic N) is 2. The highest BCUT2D eigenvalue weighted by Crippen LogP contribution is 2.07. The van der Waals surface area contributed by atoms with Crippen LogP contribution in [0, 0.1) is 18.3 Å². The molecule has 0 saturated carbocycles. The van der Waals surface area contributed by atoms with E-state index in [9.17, 15) is 0 Å². The van der Waals surface area contributed by atoms with Gasteiger partial charge in [0.15, 0.2) is 0 Å². The highest BCUT2D eigenvalue weighted by atomic mass is 16.3. The number of nitrogens with one attached hydrogen (secondary N) is 2. The largest absolute Gasteiger partial charge is 0.449 e. The van der Waals surface area contributed by atoms with E-state index in [0.717, 1.165) is 30.8 Å². The van der Waals surface area contributed by atoms with Crippen molar-refractivity contribution >= 4 is 0 Å². The first kappa shape index (κ1) is 12.4. The first-order valence-corrected chi connectivity index (χ1v) is 5.98. The molecule has 0 bridgehead atoms. The zero-order valence-corrected chi connectivity index (χ0v) is 10.4. The second-order valence-electron chi connectivity index (χ2n) is 4.18. The van der Waals surface area contributed by atoms with Crippen LogP contribution >= 0.6 is 0 Å². The maximum atomic E-state index is 8.62. The molecular formula is C13H16N4O. The van der Waals surface area contributed by atoms with E-state index in [-0.39, 0.29) is 0 Å². The van der Waals surface area contributed by atoms with E-state index in [1.165, 1.54) is 5.56 Å². The van der Waals surface area contributed by atoms with Crippen LogP contribution in [0.5, 0.6) is 0 Å². The standard InChI is InChI=1S/C13H16N4O/c1-10-11(8-16-17-10)3-2-6-15-9-13-5-4-12(7-14)18-13/h4-5,8,15H,2-3,6,9H2,1H3,(H,16,17). The maximum absolute atomic E-state index is 8.62. The molecule has 0 aliphatic heterocycles. The average molecular weight is 244 g/mol. The molecule has 0 saturated heterocycles. The Morgan fingerprint density at radius 2 is 2.39 bits per heavy atom. The first-order chi connectivity index (χ1) is 8.79. The van der Waals surface area contributed by atoms with Gasteiger partial charge in [-0.1, -0.05) is 0 Å². The fourth-order valence-electron chi connectivity index (χ4n) is 1.78. The normalized spacial score (nSPS) is 10.4. The summed E-state index contributed by atoms with van der Waals surface area (Å²) in [6.07, 6.45) is 3.93. The molecule has 18 heavy (non-hydrogen) atoms. The molecule has 0 fully saturated rings. The second-order valence-corrected chi connectivity index (χ2v) is 4.18. The van der Waals surface area contributed by atoms with Crippen molar-refractivity contribution in [2.24, 2.45) is 0 Å². The van der Waals surface area contributed by atoms with Crippen LogP contribution in [0.1, 0.15) is 29.2 Å². The third-order valence-electron chi connectivity index (χ3n) is 2.81. The van der Waals surface area contributed by atoms with Gasteiger partial charge in [0, 0.05) is 5.69 Å². The molecule has 5 nitrogen and oxygen atoms in total. The van der Waals surface area contributed by atoms with Crippen molar-refractivity contribution in [3.8, 4) is 6.07 Å². The summed E-state index contributed by atoms with van der Waals surface area (Å²) in [6.45, 7) is 3.60. The lowest BCUT2D eigenvalue weighted by Gasteiger charge is -2.02. The van der Waals surface area contributed by atoms with Gasteiger partial charge in [0.25, 0.3) is 0 Å². The summed E-state index contributed by atoms with van der Waals surface area (Å²) in [5, 5.41) is 18.8. The van der Waals surface area contributed by atoms with Crippen molar-refractivity contribution < 1.29 is 4.42 Å². The minimum atomic E-state index is 0.362. The van der Waals surface area contributed by atoms with Gasteiger partial charge in [0.1, 0.15) is 11.8 Å². The molecule has 2 rings (SSSR count). The molecular weight excluding hydrogens is 228 g/mol.